The van der Waals surface area contributed by atoms with E-state index in [1.54, 1.807) is 6.07 Å². The topological polar surface area (TPSA) is 73.9 Å². The van der Waals surface area contributed by atoms with Crippen molar-refractivity contribution in [1.82, 2.24) is 20.4 Å². The van der Waals surface area contributed by atoms with Crippen LogP contribution in [0.25, 0.3) is 0 Å². The van der Waals surface area contributed by atoms with Crippen molar-refractivity contribution in [2.75, 3.05) is 45.8 Å². The van der Waals surface area contributed by atoms with Crippen LogP contribution in [-0.2, 0) is 4.79 Å². The Balaban J connectivity index is 0.00000300. The Morgan fingerprint density at radius 1 is 1.21 bits per heavy atom. The first kappa shape index (κ1) is 23.3. The number of likely N-dealkylation sites (tertiary alicyclic amines) is 1. The molecule has 2 fully saturated rings. The first-order chi connectivity index (χ1) is 13.6. The van der Waals surface area contributed by atoms with Gasteiger partial charge in [0.25, 0.3) is 5.91 Å². The Bertz CT molecular complexity index is 689. The summed E-state index contributed by atoms with van der Waals surface area (Å²) >= 11 is 0. The summed E-state index contributed by atoms with van der Waals surface area (Å²) in [6, 6.07) is 5.30. The highest BCUT2D eigenvalue weighted by Gasteiger charge is 2.35. The molecule has 0 aromatic heterocycles. The monoisotopic (exact) mass is 432 g/mol. The highest BCUT2D eigenvalue weighted by atomic mass is 35.5. The van der Waals surface area contributed by atoms with Crippen LogP contribution in [0.4, 0.5) is 8.78 Å². The largest absolute Gasteiger partial charge is 0.434 e. The minimum atomic E-state index is -3.02. The van der Waals surface area contributed by atoms with E-state index in [1.807, 2.05) is 0 Å². The molecule has 10 heteroatoms. The molecule has 1 aromatic carbocycles. The number of alkyl halides is 2. The molecule has 2 heterocycles. The standard InChI is InChI=1S/C19H26F2N4O3.ClH/c20-19(21)28-16-6-2-1-4-14(16)18(27)25-10-3-5-15(25)17(26)23-9-13-24-11-7-22-8-12-24;/h1-2,4,6,15,19,22H,3,5,7-13H2,(H,23,26);1H. The maximum absolute atomic E-state index is 12.9. The predicted molar refractivity (Wildman–Crippen MR) is 107 cm³/mol. The first-order valence-electron chi connectivity index (χ1n) is 9.62. The molecule has 0 saturated carbocycles. The van der Waals surface area contributed by atoms with Gasteiger partial charge in [0.1, 0.15) is 11.8 Å². The van der Waals surface area contributed by atoms with E-state index < -0.39 is 18.6 Å². The summed E-state index contributed by atoms with van der Waals surface area (Å²) in [5, 5.41) is 6.19. The van der Waals surface area contributed by atoms with Gasteiger partial charge in [-0.2, -0.15) is 8.78 Å². The molecule has 0 aliphatic carbocycles. The summed E-state index contributed by atoms with van der Waals surface area (Å²) in [7, 11) is 0. The summed E-state index contributed by atoms with van der Waals surface area (Å²) in [6.45, 7) is 2.46. The Morgan fingerprint density at radius 3 is 2.66 bits per heavy atom. The number of halogens is 3. The minimum absolute atomic E-state index is 0. The second-order valence-corrected chi connectivity index (χ2v) is 6.91. The second kappa shape index (κ2) is 11.3. The maximum atomic E-state index is 12.9. The highest BCUT2D eigenvalue weighted by Crippen LogP contribution is 2.26. The van der Waals surface area contributed by atoms with E-state index >= 15 is 0 Å². The van der Waals surface area contributed by atoms with E-state index in [0.29, 0.717) is 25.9 Å². The van der Waals surface area contributed by atoms with Crippen LogP contribution in [0.3, 0.4) is 0 Å². The normalized spacial score (nSPS) is 19.7. The molecule has 0 bridgehead atoms. The van der Waals surface area contributed by atoms with Crippen LogP contribution in [0.5, 0.6) is 5.75 Å². The van der Waals surface area contributed by atoms with Gasteiger partial charge in [0.15, 0.2) is 0 Å². The molecule has 1 aromatic rings. The molecule has 0 spiro atoms. The fraction of sp³-hybridized carbons (Fsp3) is 0.579. The fourth-order valence-electron chi connectivity index (χ4n) is 3.67. The van der Waals surface area contributed by atoms with Crippen LogP contribution < -0.4 is 15.4 Å². The van der Waals surface area contributed by atoms with Gasteiger partial charge in [0.05, 0.1) is 5.56 Å². The first-order valence-corrected chi connectivity index (χ1v) is 9.62. The molecule has 2 aliphatic heterocycles. The van der Waals surface area contributed by atoms with Crippen LogP contribution in [-0.4, -0.2) is 80.1 Å². The van der Waals surface area contributed by atoms with Gasteiger partial charge in [0, 0.05) is 45.8 Å². The van der Waals surface area contributed by atoms with E-state index in [9.17, 15) is 18.4 Å². The molecule has 2 aliphatic rings. The molecule has 29 heavy (non-hydrogen) atoms. The van der Waals surface area contributed by atoms with Gasteiger partial charge in [-0.25, -0.2) is 0 Å². The molecule has 3 rings (SSSR count). The number of nitrogens with zero attached hydrogens (tertiary/aromatic N) is 2. The van der Waals surface area contributed by atoms with E-state index in [2.05, 4.69) is 20.3 Å². The highest BCUT2D eigenvalue weighted by molar-refractivity contribution is 6.00. The van der Waals surface area contributed by atoms with Gasteiger partial charge in [0.2, 0.25) is 5.91 Å². The number of ether oxygens (including phenoxy) is 1. The minimum Gasteiger partial charge on any atom is -0.434 e. The third-order valence-corrected chi connectivity index (χ3v) is 5.09. The summed E-state index contributed by atoms with van der Waals surface area (Å²) in [5.74, 6) is -0.837. The van der Waals surface area contributed by atoms with Gasteiger partial charge in [-0.15, -0.1) is 12.4 Å². The molecule has 0 radical (unpaired) electrons. The van der Waals surface area contributed by atoms with Crippen molar-refractivity contribution in [3.05, 3.63) is 29.8 Å². The smallest absolute Gasteiger partial charge is 0.387 e. The van der Waals surface area contributed by atoms with Gasteiger partial charge >= 0.3 is 6.61 Å². The van der Waals surface area contributed by atoms with E-state index in [-0.39, 0.29) is 29.6 Å². The SMILES string of the molecule is Cl.O=C(NCCN1CCNCC1)C1CCCN1C(=O)c1ccccc1OC(F)F. The van der Waals surface area contributed by atoms with Crippen LogP contribution in [0.2, 0.25) is 0 Å². The van der Waals surface area contributed by atoms with Gasteiger partial charge in [-0.1, -0.05) is 12.1 Å². The van der Waals surface area contributed by atoms with Crippen LogP contribution in [0, 0.1) is 0 Å². The number of rotatable bonds is 7. The van der Waals surface area contributed by atoms with Gasteiger partial charge in [-0.3, -0.25) is 14.5 Å². The molecule has 2 amide bonds. The molecular formula is C19H27ClF2N4O3. The van der Waals surface area contributed by atoms with Gasteiger partial charge in [-0.05, 0) is 25.0 Å². The van der Waals surface area contributed by atoms with E-state index in [1.165, 1.54) is 23.1 Å². The average Bonchev–Trinajstić information content (AvgIpc) is 3.18. The number of benzene rings is 1. The summed E-state index contributed by atoms with van der Waals surface area (Å²) in [4.78, 5) is 29.2. The molecule has 1 atom stereocenters. The zero-order chi connectivity index (χ0) is 19.9. The number of hydrogen-bond donors (Lipinski definition) is 2. The van der Waals surface area contributed by atoms with Crippen molar-refractivity contribution < 1.29 is 23.1 Å². The summed E-state index contributed by atoms with van der Waals surface area (Å²) in [5.41, 5.74) is 0.0447. The predicted octanol–water partition coefficient (Wildman–Crippen LogP) is 1.34. The Morgan fingerprint density at radius 2 is 1.93 bits per heavy atom. The molecular weight excluding hydrogens is 406 g/mol. The maximum Gasteiger partial charge on any atom is 0.387 e. The summed E-state index contributed by atoms with van der Waals surface area (Å²) in [6.07, 6.45) is 1.25. The molecule has 2 saturated heterocycles. The number of piperazine rings is 1. The van der Waals surface area contributed by atoms with Crippen molar-refractivity contribution >= 4 is 24.2 Å². The quantitative estimate of drug-likeness (QED) is 0.680. The number of carbonyl (C=O) groups is 2. The molecule has 162 valence electrons. The van der Waals surface area contributed by atoms with Gasteiger partial charge < -0.3 is 20.3 Å². The van der Waals surface area contributed by atoms with Crippen LogP contribution in [0.15, 0.2) is 24.3 Å². The van der Waals surface area contributed by atoms with Crippen molar-refractivity contribution in [3.8, 4) is 5.75 Å². The number of para-hydroxylation sites is 1. The van der Waals surface area contributed by atoms with E-state index in [4.69, 9.17) is 0 Å². The van der Waals surface area contributed by atoms with Crippen LogP contribution in [0.1, 0.15) is 23.2 Å². The van der Waals surface area contributed by atoms with Crippen LogP contribution >= 0.6 is 12.4 Å². The number of carbonyl (C=O) groups excluding carboxylic acids is 2. The van der Waals surface area contributed by atoms with E-state index in [0.717, 1.165) is 32.7 Å². The Labute approximate surface area is 175 Å². The second-order valence-electron chi connectivity index (χ2n) is 6.91. The Kier molecular flexibility index (Phi) is 9.06. The number of nitrogens with one attached hydrogen (secondary N) is 2. The van der Waals surface area contributed by atoms with Crippen molar-refractivity contribution in [2.24, 2.45) is 0 Å². The zero-order valence-electron chi connectivity index (χ0n) is 16.1. The third-order valence-electron chi connectivity index (χ3n) is 5.09. The molecule has 1 unspecified atom stereocenters. The Hall–Kier alpha value is -1.97. The van der Waals surface area contributed by atoms with Crippen molar-refractivity contribution in [2.45, 2.75) is 25.5 Å². The zero-order valence-corrected chi connectivity index (χ0v) is 16.9. The summed E-state index contributed by atoms with van der Waals surface area (Å²) < 4.78 is 29.7. The lowest BCUT2D eigenvalue weighted by Crippen LogP contribution is -2.49. The van der Waals surface area contributed by atoms with Crippen molar-refractivity contribution in [3.63, 3.8) is 0 Å². The number of hydrogen-bond acceptors (Lipinski definition) is 5. The average molecular weight is 433 g/mol. The lowest BCUT2D eigenvalue weighted by Gasteiger charge is -2.28. The molecule has 2 N–H and O–H groups in total. The lowest BCUT2D eigenvalue weighted by molar-refractivity contribution is -0.124. The molecule has 7 nitrogen and oxygen atoms in total. The third kappa shape index (κ3) is 6.25. The fourth-order valence-corrected chi connectivity index (χ4v) is 3.67. The lowest BCUT2D eigenvalue weighted by atomic mass is 10.1. The number of amides is 2. The van der Waals surface area contributed by atoms with Crippen molar-refractivity contribution in [1.29, 1.82) is 0 Å².